The molecule has 0 fully saturated rings. The highest BCUT2D eigenvalue weighted by molar-refractivity contribution is 7.18. The van der Waals surface area contributed by atoms with E-state index in [1.807, 2.05) is 62.3 Å². The fourth-order valence-corrected chi connectivity index (χ4v) is 5.95. The van der Waals surface area contributed by atoms with Crippen molar-refractivity contribution in [1.82, 2.24) is 15.2 Å². The summed E-state index contributed by atoms with van der Waals surface area (Å²) in [6.45, 7) is 8.56. The molecule has 2 atom stereocenters. The number of nitrogens with zero attached hydrogens (tertiary/aromatic N) is 2. The van der Waals surface area contributed by atoms with E-state index in [0.717, 1.165) is 33.6 Å². The average molecular weight is 562 g/mol. The van der Waals surface area contributed by atoms with Gasteiger partial charge in [0, 0.05) is 43.8 Å². The van der Waals surface area contributed by atoms with Crippen LogP contribution < -0.4 is 5.32 Å². The highest BCUT2D eigenvalue weighted by Gasteiger charge is 2.26. The number of ketones is 2. The van der Waals surface area contributed by atoms with Gasteiger partial charge in [0.15, 0.2) is 5.78 Å². The molecule has 0 aliphatic heterocycles. The fourth-order valence-electron chi connectivity index (χ4n) is 4.84. The normalized spacial score (nSPS) is 12.8. The molecule has 0 saturated heterocycles. The van der Waals surface area contributed by atoms with E-state index in [2.05, 4.69) is 31.0 Å². The summed E-state index contributed by atoms with van der Waals surface area (Å²) in [6, 6.07) is 16.0. The van der Waals surface area contributed by atoms with Gasteiger partial charge in [-0.3, -0.25) is 14.4 Å². The molecule has 1 heterocycles. The van der Waals surface area contributed by atoms with Crippen LogP contribution in [0.3, 0.4) is 0 Å². The van der Waals surface area contributed by atoms with Crippen LogP contribution in [0.1, 0.15) is 62.1 Å². The molecule has 0 spiro atoms. The van der Waals surface area contributed by atoms with Gasteiger partial charge in [-0.15, -0.1) is 11.3 Å². The summed E-state index contributed by atoms with van der Waals surface area (Å²) in [5.74, 6) is -0.565. The van der Waals surface area contributed by atoms with Gasteiger partial charge in [-0.25, -0.2) is 4.98 Å². The summed E-state index contributed by atoms with van der Waals surface area (Å²) in [5.41, 5.74) is 3.83. The number of benzene rings is 2. The van der Waals surface area contributed by atoms with Gasteiger partial charge >= 0.3 is 0 Å². The van der Waals surface area contributed by atoms with Crippen molar-refractivity contribution >= 4 is 39.0 Å². The lowest BCUT2D eigenvalue weighted by atomic mass is 9.94. The van der Waals surface area contributed by atoms with Gasteiger partial charge < -0.3 is 10.2 Å². The number of rotatable bonds is 17. The molecule has 0 aliphatic rings. The molecule has 3 aromatic rings. The van der Waals surface area contributed by atoms with Crippen LogP contribution in [0.2, 0.25) is 0 Å². The molecule has 0 aliphatic carbocycles. The molecule has 1 aromatic heterocycles. The van der Waals surface area contributed by atoms with Crippen molar-refractivity contribution < 1.29 is 14.4 Å². The topological polar surface area (TPSA) is 79.4 Å². The van der Waals surface area contributed by atoms with Crippen LogP contribution in [0, 0.1) is 5.92 Å². The Bertz CT molecular complexity index is 1300. The largest absolute Gasteiger partial charge is 0.353 e. The van der Waals surface area contributed by atoms with Crippen molar-refractivity contribution in [3.8, 4) is 0 Å². The number of Topliss-reactive ketones (excluding diaryl/α,β-unsaturated/α-hetero) is 2. The zero-order valence-electron chi connectivity index (χ0n) is 24.4. The number of nitrogens with one attached hydrogen (secondary N) is 1. The first-order valence-electron chi connectivity index (χ1n) is 14.3. The molecule has 0 radical (unpaired) electrons. The van der Waals surface area contributed by atoms with Gasteiger partial charge in [0.1, 0.15) is 5.78 Å². The Balaban J connectivity index is 1.78. The zero-order chi connectivity index (χ0) is 29.1. The summed E-state index contributed by atoms with van der Waals surface area (Å²) in [5, 5.41) is 4.08. The van der Waals surface area contributed by atoms with E-state index in [1.54, 1.807) is 11.3 Å². The highest BCUT2D eigenvalue weighted by Crippen LogP contribution is 2.27. The predicted molar refractivity (Wildman–Crippen MR) is 165 cm³/mol. The van der Waals surface area contributed by atoms with Crippen LogP contribution in [-0.2, 0) is 33.6 Å². The van der Waals surface area contributed by atoms with Crippen molar-refractivity contribution in [1.29, 1.82) is 0 Å². The molecule has 0 bridgehead atoms. The minimum atomic E-state index is -0.511. The smallest absolute Gasteiger partial charge is 0.224 e. The molecule has 1 amide bonds. The summed E-state index contributed by atoms with van der Waals surface area (Å²) in [7, 11) is 3.82. The Labute approximate surface area is 242 Å². The van der Waals surface area contributed by atoms with Crippen molar-refractivity contribution in [2.45, 2.75) is 71.3 Å². The molecule has 3 rings (SSSR count). The number of likely N-dealkylation sites (N-methyl/N-ethyl adjacent to an activating group) is 1. The first-order valence-corrected chi connectivity index (χ1v) is 15.1. The number of amides is 1. The summed E-state index contributed by atoms with van der Waals surface area (Å²) in [4.78, 5) is 45.9. The highest BCUT2D eigenvalue weighted by atomic mass is 32.1. The molecule has 40 heavy (non-hydrogen) atoms. The number of aromatic nitrogens is 1. The first kappa shape index (κ1) is 31.4. The first-order chi connectivity index (χ1) is 19.2. The monoisotopic (exact) mass is 561 g/mol. The van der Waals surface area contributed by atoms with Crippen LogP contribution in [-0.4, -0.2) is 54.0 Å². The maximum Gasteiger partial charge on any atom is 0.224 e. The van der Waals surface area contributed by atoms with E-state index in [1.165, 1.54) is 5.56 Å². The second kappa shape index (κ2) is 15.6. The van der Waals surface area contributed by atoms with E-state index in [0.29, 0.717) is 44.2 Å². The molecular formula is C33H43N3O3S. The number of thiazole rings is 1. The summed E-state index contributed by atoms with van der Waals surface area (Å²) < 4.78 is 1.10. The van der Waals surface area contributed by atoms with E-state index in [4.69, 9.17) is 4.98 Å². The summed E-state index contributed by atoms with van der Waals surface area (Å²) >= 11 is 1.60. The molecule has 6 nitrogen and oxygen atoms in total. The predicted octanol–water partition coefficient (Wildman–Crippen LogP) is 5.97. The van der Waals surface area contributed by atoms with Crippen LogP contribution >= 0.6 is 11.3 Å². The Morgan fingerprint density at radius 1 is 1.00 bits per heavy atom. The number of aryl methyl sites for hydroxylation is 1. The third-order valence-corrected chi connectivity index (χ3v) is 8.03. The van der Waals surface area contributed by atoms with Crippen molar-refractivity contribution in [3.63, 3.8) is 0 Å². The van der Waals surface area contributed by atoms with E-state index >= 15 is 0 Å². The minimum Gasteiger partial charge on any atom is -0.353 e. The van der Waals surface area contributed by atoms with Gasteiger partial charge in [-0.1, -0.05) is 56.8 Å². The Kier molecular flexibility index (Phi) is 12.2. The molecule has 0 saturated carbocycles. The van der Waals surface area contributed by atoms with Crippen LogP contribution in [0.15, 0.2) is 60.7 Å². The number of hydrogen-bond acceptors (Lipinski definition) is 6. The lowest BCUT2D eigenvalue weighted by Crippen LogP contribution is -2.41. The van der Waals surface area contributed by atoms with Crippen LogP contribution in [0.4, 0.5) is 0 Å². The molecule has 7 heteroatoms. The maximum atomic E-state index is 13.7. The van der Waals surface area contributed by atoms with Crippen LogP contribution in [0.25, 0.3) is 10.2 Å². The molecular weight excluding hydrogens is 518 g/mol. The van der Waals surface area contributed by atoms with Gasteiger partial charge in [0.2, 0.25) is 5.91 Å². The zero-order valence-corrected chi connectivity index (χ0v) is 25.2. The SMILES string of the molecule is C=C(CN(C)C)C(=O)CC[C@H](Cc1ccccc1)NC(=O)[C@@H](CC(=O)CCC)Cc1nc2ccc(CC)cc2s1. The van der Waals surface area contributed by atoms with Gasteiger partial charge in [0.25, 0.3) is 0 Å². The number of carbonyl (C=O) groups excluding carboxylic acids is 3. The average Bonchev–Trinajstić information content (AvgIpc) is 3.33. The van der Waals surface area contributed by atoms with Crippen molar-refractivity contribution in [2.24, 2.45) is 5.92 Å². The summed E-state index contributed by atoms with van der Waals surface area (Å²) in [6.07, 6.45) is 4.18. The van der Waals surface area contributed by atoms with Crippen molar-refractivity contribution in [2.75, 3.05) is 20.6 Å². The van der Waals surface area contributed by atoms with Gasteiger partial charge in [0.05, 0.1) is 21.1 Å². The standard InChI is InChI=1S/C33H43N3O3S/c1-6-11-28(37)20-26(21-32-35-29-16-14-24(7-2)19-31(29)40-32)33(39)34-27(18-25-12-9-8-10-13-25)15-17-30(38)23(3)22-36(4)5/h8-10,12-14,16,19,26-27H,3,6-7,11,15,17-18,20-22H2,1-2,4-5H3,(H,34,39)/t26-,27+/m0/s1. The van der Waals surface area contributed by atoms with Gasteiger partial charge in [-0.2, -0.15) is 0 Å². The Morgan fingerprint density at radius 2 is 1.75 bits per heavy atom. The Hall–Kier alpha value is -3.16. The second-order valence-electron chi connectivity index (χ2n) is 10.9. The van der Waals surface area contributed by atoms with Crippen molar-refractivity contribution in [3.05, 3.63) is 76.8 Å². The lowest BCUT2D eigenvalue weighted by Gasteiger charge is -2.23. The lowest BCUT2D eigenvalue weighted by molar-refractivity contribution is -0.130. The van der Waals surface area contributed by atoms with E-state index < -0.39 is 5.92 Å². The van der Waals surface area contributed by atoms with Gasteiger partial charge in [-0.05, 0) is 63.0 Å². The number of carbonyl (C=O) groups is 3. The molecule has 2 aromatic carbocycles. The van der Waals surface area contributed by atoms with E-state index in [-0.39, 0.29) is 29.9 Å². The third kappa shape index (κ3) is 9.79. The minimum absolute atomic E-state index is 0.0107. The second-order valence-corrected chi connectivity index (χ2v) is 12.0. The number of hydrogen-bond donors (Lipinski definition) is 1. The maximum absolute atomic E-state index is 13.7. The fraction of sp³-hybridized carbons (Fsp3) is 0.455. The Morgan fingerprint density at radius 3 is 2.42 bits per heavy atom. The molecule has 0 unspecified atom stereocenters. The molecule has 214 valence electrons. The molecule has 1 N–H and O–H groups in total. The van der Waals surface area contributed by atoms with Crippen LogP contribution in [0.5, 0.6) is 0 Å². The van der Waals surface area contributed by atoms with E-state index in [9.17, 15) is 14.4 Å². The number of fused-ring (bicyclic) bond motifs is 1. The third-order valence-electron chi connectivity index (χ3n) is 6.99. The quantitative estimate of drug-likeness (QED) is 0.205.